The third kappa shape index (κ3) is 4.40. The Hall–Kier alpha value is -0.480. The second kappa shape index (κ2) is 4.35. The van der Waals surface area contributed by atoms with Crippen molar-refractivity contribution in [2.45, 2.75) is 45.6 Å². The van der Waals surface area contributed by atoms with Crippen LogP contribution in [0.5, 0.6) is 0 Å². The topological polar surface area (TPSA) is 20.2 Å². The van der Waals surface area contributed by atoms with Crippen molar-refractivity contribution < 1.29 is 5.11 Å². The first-order valence-electron chi connectivity index (χ1n) is 3.78. The van der Waals surface area contributed by atoms with Crippen molar-refractivity contribution in [3.8, 4) is 11.8 Å². The van der Waals surface area contributed by atoms with Crippen LogP contribution in [0, 0.1) is 11.8 Å². The molecular formula is C9H16O. The molecule has 1 N–H and O–H groups in total. The Morgan fingerprint density at radius 2 is 2.10 bits per heavy atom. The van der Waals surface area contributed by atoms with Gasteiger partial charge in [0.2, 0.25) is 0 Å². The Balaban J connectivity index is 3.71. The number of unbranched alkanes of at least 4 members (excludes halogenated alkanes) is 1. The summed E-state index contributed by atoms with van der Waals surface area (Å²) in [6.45, 7) is 5.62. The Kier molecular flexibility index (Phi) is 4.14. The van der Waals surface area contributed by atoms with Crippen LogP contribution < -0.4 is 0 Å². The van der Waals surface area contributed by atoms with Crippen molar-refractivity contribution >= 4 is 0 Å². The smallest absolute Gasteiger partial charge is 0.122 e. The molecule has 0 spiro atoms. The lowest BCUT2D eigenvalue weighted by atomic mass is 10.0. The van der Waals surface area contributed by atoms with Crippen molar-refractivity contribution in [3.63, 3.8) is 0 Å². The zero-order valence-corrected chi connectivity index (χ0v) is 7.07. The van der Waals surface area contributed by atoms with Crippen LogP contribution in [0.2, 0.25) is 0 Å². The normalized spacial score (nSPS) is 15.2. The highest BCUT2D eigenvalue weighted by Gasteiger charge is 2.14. The molecule has 0 aliphatic carbocycles. The summed E-state index contributed by atoms with van der Waals surface area (Å²) in [4.78, 5) is 0. The van der Waals surface area contributed by atoms with E-state index in [0.717, 1.165) is 19.3 Å². The maximum Gasteiger partial charge on any atom is 0.122 e. The van der Waals surface area contributed by atoms with Crippen molar-refractivity contribution in [1.29, 1.82) is 0 Å². The summed E-state index contributed by atoms with van der Waals surface area (Å²) in [6.07, 6.45) is 2.94. The molecule has 0 aromatic rings. The Labute approximate surface area is 63.5 Å². The fourth-order valence-corrected chi connectivity index (χ4v) is 0.853. The Morgan fingerprint density at radius 1 is 1.50 bits per heavy atom. The van der Waals surface area contributed by atoms with Gasteiger partial charge >= 0.3 is 0 Å². The quantitative estimate of drug-likeness (QED) is 0.594. The first-order valence-corrected chi connectivity index (χ1v) is 3.78. The molecular weight excluding hydrogens is 124 g/mol. The highest BCUT2D eigenvalue weighted by atomic mass is 16.3. The standard InChI is InChI=1S/C9H16O/c1-4-6-8-9(3,10)7-5-2/h10H,4,6,8H2,1-3H3/t9-/m1/s1. The molecule has 0 rings (SSSR count). The van der Waals surface area contributed by atoms with Gasteiger partial charge in [0.1, 0.15) is 5.60 Å². The minimum atomic E-state index is -0.759. The molecule has 0 fully saturated rings. The predicted octanol–water partition coefficient (Wildman–Crippen LogP) is 1.95. The molecule has 1 atom stereocenters. The maximum atomic E-state index is 9.47. The lowest BCUT2D eigenvalue weighted by molar-refractivity contribution is 0.109. The Bertz CT molecular complexity index is 137. The van der Waals surface area contributed by atoms with E-state index in [1.165, 1.54) is 0 Å². The molecule has 0 aliphatic heterocycles. The predicted molar refractivity (Wildman–Crippen MR) is 43.6 cm³/mol. The third-order valence-electron chi connectivity index (χ3n) is 1.41. The summed E-state index contributed by atoms with van der Waals surface area (Å²) in [6, 6.07) is 0. The second-order valence-corrected chi connectivity index (χ2v) is 2.75. The molecule has 0 unspecified atom stereocenters. The number of hydrogen-bond donors (Lipinski definition) is 1. The zero-order valence-electron chi connectivity index (χ0n) is 7.07. The lowest BCUT2D eigenvalue weighted by Crippen LogP contribution is -2.20. The van der Waals surface area contributed by atoms with Crippen LogP contribution in [-0.2, 0) is 0 Å². The van der Waals surface area contributed by atoms with Crippen molar-refractivity contribution in [3.05, 3.63) is 0 Å². The molecule has 58 valence electrons. The fraction of sp³-hybridized carbons (Fsp3) is 0.778. The maximum absolute atomic E-state index is 9.47. The first-order chi connectivity index (χ1) is 4.62. The van der Waals surface area contributed by atoms with Crippen LogP contribution >= 0.6 is 0 Å². The zero-order chi connectivity index (χ0) is 8.04. The van der Waals surface area contributed by atoms with Gasteiger partial charge in [-0.25, -0.2) is 0 Å². The van der Waals surface area contributed by atoms with E-state index in [2.05, 4.69) is 18.8 Å². The first kappa shape index (κ1) is 9.52. The summed E-state index contributed by atoms with van der Waals surface area (Å²) in [5.74, 6) is 5.48. The summed E-state index contributed by atoms with van der Waals surface area (Å²) in [7, 11) is 0. The highest BCUT2D eigenvalue weighted by molar-refractivity contribution is 5.09. The van der Waals surface area contributed by atoms with E-state index in [9.17, 15) is 5.11 Å². The van der Waals surface area contributed by atoms with Crippen LogP contribution in [0.1, 0.15) is 40.0 Å². The molecule has 1 heteroatoms. The minimum Gasteiger partial charge on any atom is -0.378 e. The third-order valence-corrected chi connectivity index (χ3v) is 1.41. The van der Waals surface area contributed by atoms with Gasteiger partial charge in [0, 0.05) is 0 Å². The van der Waals surface area contributed by atoms with Gasteiger partial charge in [-0.15, -0.1) is 5.92 Å². The van der Waals surface area contributed by atoms with Gasteiger partial charge in [-0.2, -0.15) is 0 Å². The molecule has 0 aromatic carbocycles. The molecule has 0 amide bonds. The molecule has 0 heterocycles. The summed E-state index contributed by atoms with van der Waals surface area (Å²) in [5, 5.41) is 9.47. The highest BCUT2D eigenvalue weighted by Crippen LogP contribution is 2.11. The van der Waals surface area contributed by atoms with Gasteiger partial charge in [-0.1, -0.05) is 19.3 Å². The second-order valence-electron chi connectivity index (χ2n) is 2.75. The SMILES string of the molecule is CC#C[C@@](C)(O)CCCC. The average Bonchev–Trinajstić information content (AvgIpc) is 1.84. The van der Waals surface area contributed by atoms with Gasteiger partial charge in [0.15, 0.2) is 0 Å². The number of aliphatic hydroxyl groups is 1. The fourth-order valence-electron chi connectivity index (χ4n) is 0.853. The van der Waals surface area contributed by atoms with Crippen molar-refractivity contribution in [2.75, 3.05) is 0 Å². The molecule has 10 heavy (non-hydrogen) atoms. The van der Waals surface area contributed by atoms with Gasteiger partial charge in [-0.05, 0) is 26.7 Å². The molecule has 0 saturated heterocycles. The number of hydrogen-bond acceptors (Lipinski definition) is 1. The summed E-state index contributed by atoms with van der Waals surface area (Å²) >= 11 is 0. The van der Waals surface area contributed by atoms with Gasteiger partial charge in [-0.3, -0.25) is 0 Å². The monoisotopic (exact) mass is 140 g/mol. The van der Waals surface area contributed by atoms with Crippen molar-refractivity contribution in [1.82, 2.24) is 0 Å². The lowest BCUT2D eigenvalue weighted by Gasteiger charge is -2.14. The van der Waals surface area contributed by atoms with Crippen molar-refractivity contribution in [2.24, 2.45) is 0 Å². The molecule has 0 bridgehead atoms. The van der Waals surface area contributed by atoms with E-state index in [1.807, 2.05) is 0 Å². The van der Waals surface area contributed by atoms with E-state index in [1.54, 1.807) is 13.8 Å². The van der Waals surface area contributed by atoms with E-state index < -0.39 is 5.60 Å². The average molecular weight is 140 g/mol. The molecule has 0 aromatic heterocycles. The molecule has 0 radical (unpaired) electrons. The van der Waals surface area contributed by atoms with Crippen LogP contribution in [0.15, 0.2) is 0 Å². The minimum absolute atomic E-state index is 0.759. The number of rotatable bonds is 3. The molecule has 0 aliphatic rings. The van der Waals surface area contributed by atoms with Crippen LogP contribution in [0.3, 0.4) is 0 Å². The van der Waals surface area contributed by atoms with Crippen LogP contribution in [0.4, 0.5) is 0 Å². The van der Waals surface area contributed by atoms with Gasteiger partial charge in [0.25, 0.3) is 0 Å². The summed E-state index contributed by atoms with van der Waals surface area (Å²) in [5.41, 5.74) is -0.759. The largest absolute Gasteiger partial charge is 0.378 e. The van der Waals surface area contributed by atoms with Gasteiger partial charge in [0.05, 0.1) is 0 Å². The van der Waals surface area contributed by atoms with E-state index in [-0.39, 0.29) is 0 Å². The van der Waals surface area contributed by atoms with E-state index >= 15 is 0 Å². The van der Waals surface area contributed by atoms with Gasteiger partial charge < -0.3 is 5.11 Å². The molecule has 1 nitrogen and oxygen atoms in total. The Morgan fingerprint density at radius 3 is 2.50 bits per heavy atom. The molecule has 0 saturated carbocycles. The van der Waals surface area contributed by atoms with E-state index in [0.29, 0.717) is 0 Å². The summed E-state index contributed by atoms with van der Waals surface area (Å²) < 4.78 is 0. The van der Waals surface area contributed by atoms with Crippen LogP contribution in [0.25, 0.3) is 0 Å². The van der Waals surface area contributed by atoms with E-state index in [4.69, 9.17) is 0 Å². The van der Waals surface area contributed by atoms with Crippen LogP contribution in [-0.4, -0.2) is 10.7 Å².